The largest absolute Gasteiger partial charge is 0.481 e. The molecule has 0 aliphatic heterocycles. The van der Waals surface area contributed by atoms with E-state index >= 15 is 0 Å². The van der Waals surface area contributed by atoms with E-state index in [0.29, 0.717) is 18.4 Å². The Kier molecular flexibility index (Phi) is 2.98. The van der Waals surface area contributed by atoms with Crippen LogP contribution >= 0.6 is 0 Å². The highest BCUT2D eigenvalue weighted by Gasteiger charge is 2.45. The van der Waals surface area contributed by atoms with Gasteiger partial charge < -0.3 is 5.11 Å². The van der Waals surface area contributed by atoms with Crippen molar-refractivity contribution in [3.8, 4) is 0 Å². The maximum Gasteiger partial charge on any atom is 0.314 e. The summed E-state index contributed by atoms with van der Waals surface area (Å²) in [6, 6.07) is 18.0. The van der Waals surface area contributed by atoms with Gasteiger partial charge in [-0.05, 0) is 52.4 Å². The summed E-state index contributed by atoms with van der Waals surface area (Å²) < 4.78 is 13.2. The lowest BCUT2D eigenvalue weighted by molar-refractivity contribution is -0.143. The third-order valence-corrected chi connectivity index (χ3v) is 4.86. The van der Waals surface area contributed by atoms with Crippen LogP contribution < -0.4 is 0 Å². The Morgan fingerprint density at radius 1 is 0.913 bits per heavy atom. The monoisotopic (exact) mass is 306 g/mol. The molecule has 1 aliphatic carbocycles. The number of aliphatic carboxylic acids is 1. The van der Waals surface area contributed by atoms with Gasteiger partial charge in [-0.1, -0.05) is 48.5 Å². The maximum atomic E-state index is 13.2. The summed E-state index contributed by atoms with van der Waals surface area (Å²) in [5.74, 6) is -1.21. The van der Waals surface area contributed by atoms with Gasteiger partial charge in [-0.3, -0.25) is 4.79 Å². The highest BCUT2D eigenvalue weighted by Crippen LogP contribution is 2.41. The van der Waals surface area contributed by atoms with Crippen LogP contribution in [0.15, 0.2) is 60.7 Å². The van der Waals surface area contributed by atoms with Gasteiger partial charge in [-0.2, -0.15) is 0 Å². The number of benzene rings is 3. The Balaban J connectivity index is 1.85. The van der Waals surface area contributed by atoms with Crippen LogP contribution in [0.4, 0.5) is 4.39 Å². The summed E-state index contributed by atoms with van der Waals surface area (Å²) in [5.41, 5.74) is 1.78. The lowest BCUT2D eigenvalue weighted by atomic mass is 9.78. The summed E-state index contributed by atoms with van der Waals surface area (Å²) in [7, 11) is 0. The molecule has 3 heteroatoms. The molecule has 0 unspecified atom stereocenters. The van der Waals surface area contributed by atoms with E-state index in [-0.39, 0.29) is 5.82 Å². The van der Waals surface area contributed by atoms with Crippen molar-refractivity contribution >= 4 is 16.7 Å². The van der Waals surface area contributed by atoms with Crippen molar-refractivity contribution in [2.45, 2.75) is 18.3 Å². The van der Waals surface area contributed by atoms with E-state index in [1.807, 2.05) is 24.3 Å². The molecule has 3 aromatic rings. The molecule has 0 atom stereocenters. The van der Waals surface area contributed by atoms with E-state index in [0.717, 1.165) is 21.9 Å². The van der Waals surface area contributed by atoms with E-state index in [1.54, 1.807) is 12.1 Å². The lowest BCUT2D eigenvalue weighted by Gasteiger charge is -2.24. The van der Waals surface area contributed by atoms with Crippen LogP contribution in [-0.2, 0) is 23.1 Å². The zero-order chi connectivity index (χ0) is 16.0. The predicted octanol–water partition coefficient (Wildman–Crippen LogP) is 4.10. The second-order valence-electron chi connectivity index (χ2n) is 6.22. The van der Waals surface area contributed by atoms with E-state index in [1.165, 1.54) is 12.1 Å². The molecule has 23 heavy (non-hydrogen) atoms. The molecule has 1 N–H and O–H groups in total. The molecule has 114 valence electrons. The van der Waals surface area contributed by atoms with E-state index < -0.39 is 11.4 Å². The number of carbonyl (C=O) groups is 1. The third-order valence-electron chi connectivity index (χ3n) is 4.86. The van der Waals surface area contributed by atoms with Crippen molar-refractivity contribution in [3.63, 3.8) is 0 Å². The number of carboxylic acid groups (broad SMARTS) is 1. The highest BCUT2D eigenvalue weighted by atomic mass is 19.1. The number of rotatable bonds is 2. The molecule has 0 spiro atoms. The van der Waals surface area contributed by atoms with Crippen molar-refractivity contribution < 1.29 is 14.3 Å². The lowest BCUT2D eigenvalue weighted by Crippen LogP contribution is -2.36. The molecule has 0 amide bonds. The molecule has 0 saturated heterocycles. The molecule has 0 fully saturated rings. The molecule has 0 heterocycles. The van der Waals surface area contributed by atoms with Gasteiger partial charge in [0.25, 0.3) is 0 Å². The number of halogens is 1. The first kappa shape index (κ1) is 13.9. The van der Waals surface area contributed by atoms with E-state index in [2.05, 4.69) is 12.1 Å². The first-order chi connectivity index (χ1) is 11.1. The van der Waals surface area contributed by atoms with Crippen molar-refractivity contribution in [1.29, 1.82) is 0 Å². The Morgan fingerprint density at radius 2 is 1.43 bits per heavy atom. The summed E-state index contributed by atoms with van der Waals surface area (Å²) >= 11 is 0. The molecule has 0 radical (unpaired) electrons. The minimum atomic E-state index is -1.01. The summed E-state index contributed by atoms with van der Waals surface area (Å²) in [4.78, 5) is 12.1. The Labute approximate surface area is 133 Å². The van der Waals surface area contributed by atoms with Crippen molar-refractivity contribution in [3.05, 3.63) is 83.2 Å². The molecule has 2 nitrogen and oxygen atoms in total. The summed E-state index contributed by atoms with van der Waals surface area (Å²) in [6.07, 6.45) is 0.877. The molecule has 4 rings (SSSR count). The van der Waals surface area contributed by atoms with Gasteiger partial charge in [0.15, 0.2) is 0 Å². The molecule has 0 bridgehead atoms. The van der Waals surface area contributed by atoms with Crippen LogP contribution in [0.3, 0.4) is 0 Å². The van der Waals surface area contributed by atoms with Crippen molar-refractivity contribution in [1.82, 2.24) is 0 Å². The topological polar surface area (TPSA) is 37.3 Å². The zero-order valence-electron chi connectivity index (χ0n) is 12.4. The maximum absolute atomic E-state index is 13.2. The van der Waals surface area contributed by atoms with Gasteiger partial charge in [0.1, 0.15) is 11.2 Å². The first-order valence-electron chi connectivity index (χ1n) is 7.58. The number of fused-ring (bicyclic) bond motifs is 2. The molecule has 0 saturated carbocycles. The predicted molar refractivity (Wildman–Crippen MR) is 87.1 cm³/mol. The zero-order valence-corrected chi connectivity index (χ0v) is 12.4. The van der Waals surface area contributed by atoms with Crippen LogP contribution in [0.1, 0.15) is 16.7 Å². The van der Waals surface area contributed by atoms with Crippen LogP contribution in [-0.4, -0.2) is 11.1 Å². The van der Waals surface area contributed by atoms with Gasteiger partial charge in [-0.15, -0.1) is 0 Å². The van der Waals surface area contributed by atoms with Gasteiger partial charge >= 0.3 is 5.97 Å². The Hall–Kier alpha value is -2.68. The SMILES string of the molecule is O=C(O)C1(c2ccc(F)cc2)Cc2cc3ccccc3cc2C1. The average Bonchev–Trinajstić information content (AvgIpc) is 2.93. The van der Waals surface area contributed by atoms with Crippen molar-refractivity contribution in [2.24, 2.45) is 0 Å². The second-order valence-corrected chi connectivity index (χ2v) is 6.22. The Bertz CT molecular complexity index is 868. The average molecular weight is 306 g/mol. The molecule has 0 aromatic heterocycles. The van der Waals surface area contributed by atoms with Gasteiger partial charge in [-0.25, -0.2) is 4.39 Å². The quantitative estimate of drug-likeness (QED) is 0.774. The molecule has 1 aliphatic rings. The van der Waals surface area contributed by atoms with Gasteiger partial charge in [0.05, 0.1) is 0 Å². The van der Waals surface area contributed by atoms with Crippen LogP contribution in [0.5, 0.6) is 0 Å². The molecular formula is C20H15FO2. The number of hydrogen-bond acceptors (Lipinski definition) is 1. The van der Waals surface area contributed by atoms with Crippen molar-refractivity contribution in [2.75, 3.05) is 0 Å². The Morgan fingerprint density at radius 3 is 1.91 bits per heavy atom. The third kappa shape index (κ3) is 2.12. The standard InChI is InChI=1S/C20H15FO2/c21-18-7-5-17(6-8-18)20(19(22)23)11-15-9-13-3-1-2-4-14(13)10-16(15)12-20/h1-10H,11-12H2,(H,22,23). The van der Waals surface area contributed by atoms with Crippen LogP contribution in [0.25, 0.3) is 10.8 Å². The van der Waals surface area contributed by atoms with Crippen LogP contribution in [0, 0.1) is 5.82 Å². The fraction of sp³-hybridized carbons (Fsp3) is 0.150. The smallest absolute Gasteiger partial charge is 0.314 e. The minimum absolute atomic E-state index is 0.351. The highest BCUT2D eigenvalue weighted by molar-refractivity contribution is 5.88. The molecular weight excluding hydrogens is 291 g/mol. The van der Waals surface area contributed by atoms with Gasteiger partial charge in [0.2, 0.25) is 0 Å². The van der Waals surface area contributed by atoms with E-state index in [4.69, 9.17) is 0 Å². The fourth-order valence-corrected chi connectivity index (χ4v) is 3.62. The van der Waals surface area contributed by atoms with E-state index in [9.17, 15) is 14.3 Å². The van der Waals surface area contributed by atoms with Crippen LogP contribution in [0.2, 0.25) is 0 Å². The summed E-state index contributed by atoms with van der Waals surface area (Å²) in [5, 5.41) is 12.1. The van der Waals surface area contributed by atoms with Gasteiger partial charge in [0, 0.05) is 0 Å². The first-order valence-corrected chi connectivity index (χ1v) is 7.58. The number of carboxylic acids is 1. The fourth-order valence-electron chi connectivity index (χ4n) is 3.62. The normalized spacial score (nSPS) is 15.5. The molecule has 3 aromatic carbocycles. The number of hydrogen-bond donors (Lipinski definition) is 1. The minimum Gasteiger partial charge on any atom is -0.481 e. The summed E-state index contributed by atoms with van der Waals surface area (Å²) in [6.45, 7) is 0. The second kappa shape index (κ2) is 4.92.